The lowest BCUT2D eigenvalue weighted by atomic mass is 9.94. The first kappa shape index (κ1) is 20.7. The molecular formula is C23H29FN4O2. The zero-order valence-corrected chi connectivity index (χ0v) is 17.4. The van der Waals surface area contributed by atoms with Gasteiger partial charge in [-0.2, -0.15) is 0 Å². The number of ether oxygens (including phenoxy) is 1. The number of rotatable bonds is 5. The summed E-state index contributed by atoms with van der Waals surface area (Å²) >= 11 is 0. The number of piperidine rings is 1. The highest BCUT2D eigenvalue weighted by molar-refractivity contribution is 5.76. The molecule has 160 valence electrons. The van der Waals surface area contributed by atoms with E-state index in [1.165, 1.54) is 12.1 Å². The van der Waals surface area contributed by atoms with Gasteiger partial charge in [-0.25, -0.2) is 14.4 Å². The third-order valence-corrected chi connectivity index (χ3v) is 5.94. The first-order valence-electron chi connectivity index (χ1n) is 10.9. The number of benzene rings is 1. The molecule has 1 atom stereocenters. The molecule has 2 aliphatic heterocycles. The molecule has 1 unspecified atom stereocenters. The molecule has 2 aliphatic rings. The minimum atomic E-state index is -0.292. The van der Waals surface area contributed by atoms with Crippen LogP contribution < -0.4 is 5.32 Å². The van der Waals surface area contributed by atoms with Crippen molar-refractivity contribution in [3.63, 3.8) is 0 Å². The monoisotopic (exact) mass is 412 g/mol. The molecule has 3 heterocycles. The van der Waals surface area contributed by atoms with E-state index in [0.29, 0.717) is 30.4 Å². The summed E-state index contributed by atoms with van der Waals surface area (Å²) in [6.45, 7) is 4.83. The van der Waals surface area contributed by atoms with Crippen molar-refractivity contribution in [2.75, 3.05) is 31.6 Å². The molecule has 30 heavy (non-hydrogen) atoms. The zero-order valence-electron chi connectivity index (χ0n) is 17.4. The van der Waals surface area contributed by atoms with E-state index in [0.717, 1.165) is 57.0 Å². The molecule has 1 amide bonds. The van der Waals surface area contributed by atoms with Crippen LogP contribution in [0.15, 0.2) is 30.3 Å². The number of carbonyl (C=O) groups excluding carboxylic acids is 1. The fourth-order valence-corrected chi connectivity index (χ4v) is 4.29. The van der Waals surface area contributed by atoms with Gasteiger partial charge in [0.15, 0.2) is 0 Å². The first-order valence-corrected chi connectivity index (χ1v) is 10.9. The minimum Gasteiger partial charge on any atom is -0.381 e. The summed E-state index contributed by atoms with van der Waals surface area (Å²) in [7, 11) is 0. The molecule has 4 rings (SSSR count). The van der Waals surface area contributed by atoms with Crippen LogP contribution in [-0.2, 0) is 9.53 Å². The second-order valence-electron chi connectivity index (χ2n) is 8.09. The van der Waals surface area contributed by atoms with Gasteiger partial charge in [-0.3, -0.25) is 4.79 Å². The average molecular weight is 413 g/mol. The van der Waals surface area contributed by atoms with Crippen LogP contribution in [0.4, 0.5) is 15.9 Å². The van der Waals surface area contributed by atoms with Gasteiger partial charge in [0, 0.05) is 62.0 Å². The summed E-state index contributed by atoms with van der Waals surface area (Å²) in [6, 6.07) is 8.35. The lowest BCUT2D eigenvalue weighted by molar-refractivity contribution is -0.132. The maximum atomic E-state index is 13.6. The quantitative estimate of drug-likeness (QED) is 0.790. The highest BCUT2D eigenvalue weighted by Gasteiger charge is 2.27. The standard InChI is InChI=1S/C23H29FN4O2/c1-2-22(29)28-10-4-5-17(15-28)23-26-20(16-8-11-30-12-9-16)14-21(27-23)25-19-7-3-6-18(24)13-19/h3,6-7,13-14,16-17H,2,4-5,8-12,15H2,1H3,(H,25,26,27). The van der Waals surface area contributed by atoms with Gasteiger partial charge in [0.2, 0.25) is 5.91 Å². The number of likely N-dealkylation sites (tertiary alicyclic amines) is 1. The molecule has 6 nitrogen and oxygen atoms in total. The summed E-state index contributed by atoms with van der Waals surface area (Å²) in [5.41, 5.74) is 1.66. The second kappa shape index (κ2) is 9.51. The molecule has 0 radical (unpaired) electrons. The van der Waals surface area contributed by atoms with E-state index in [1.807, 2.05) is 24.0 Å². The van der Waals surface area contributed by atoms with E-state index in [4.69, 9.17) is 14.7 Å². The van der Waals surface area contributed by atoms with Gasteiger partial charge >= 0.3 is 0 Å². The van der Waals surface area contributed by atoms with E-state index < -0.39 is 0 Å². The van der Waals surface area contributed by atoms with Crippen LogP contribution in [0, 0.1) is 5.82 Å². The number of halogens is 1. The topological polar surface area (TPSA) is 67.4 Å². The molecule has 2 saturated heterocycles. The van der Waals surface area contributed by atoms with Crippen molar-refractivity contribution in [1.82, 2.24) is 14.9 Å². The third-order valence-electron chi connectivity index (χ3n) is 5.94. The average Bonchev–Trinajstić information content (AvgIpc) is 2.79. The van der Waals surface area contributed by atoms with Crippen LogP contribution in [0.2, 0.25) is 0 Å². The van der Waals surface area contributed by atoms with Crippen LogP contribution in [0.3, 0.4) is 0 Å². The highest BCUT2D eigenvalue weighted by atomic mass is 19.1. The Labute approximate surface area is 176 Å². The second-order valence-corrected chi connectivity index (χ2v) is 8.09. The number of nitrogens with one attached hydrogen (secondary N) is 1. The third kappa shape index (κ3) is 4.95. The minimum absolute atomic E-state index is 0.113. The molecule has 1 N–H and O–H groups in total. The molecule has 2 fully saturated rings. The Kier molecular flexibility index (Phi) is 6.57. The van der Waals surface area contributed by atoms with E-state index in [2.05, 4.69) is 5.32 Å². The molecule has 1 aromatic carbocycles. The van der Waals surface area contributed by atoms with Crippen molar-refractivity contribution < 1.29 is 13.9 Å². The Morgan fingerprint density at radius 1 is 1.20 bits per heavy atom. The highest BCUT2D eigenvalue weighted by Crippen LogP contribution is 2.31. The normalized spacial score (nSPS) is 20.2. The Balaban J connectivity index is 1.63. The maximum absolute atomic E-state index is 13.6. The predicted octanol–water partition coefficient (Wildman–Crippen LogP) is 4.37. The van der Waals surface area contributed by atoms with Gasteiger partial charge in [-0.05, 0) is 43.9 Å². The molecule has 1 aromatic heterocycles. The summed E-state index contributed by atoms with van der Waals surface area (Å²) in [6.07, 6.45) is 4.29. The Morgan fingerprint density at radius 2 is 2.03 bits per heavy atom. The number of carbonyl (C=O) groups is 1. The van der Waals surface area contributed by atoms with Crippen LogP contribution >= 0.6 is 0 Å². The van der Waals surface area contributed by atoms with Crippen molar-refractivity contribution >= 4 is 17.4 Å². The molecule has 0 aliphatic carbocycles. The number of amides is 1. The summed E-state index contributed by atoms with van der Waals surface area (Å²) in [5, 5.41) is 3.25. The molecule has 7 heteroatoms. The number of aromatic nitrogens is 2. The molecule has 0 spiro atoms. The fraction of sp³-hybridized carbons (Fsp3) is 0.522. The van der Waals surface area contributed by atoms with E-state index in [-0.39, 0.29) is 17.6 Å². The summed E-state index contributed by atoms with van der Waals surface area (Å²) < 4.78 is 19.2. The van der Waals surface area contributed by atoms with Gasteiger partial charge in [-0.15, -0.1) is 0 Å². The lowest BCUT2D eigenvalue weighted by Crippen LogP contribution is -2.39. The van der Waals surface area contributed by atoms with E-state index in [1.54, 1.807) is 6.07 Å². The summed E-state index contributed by atoms with van der Waals surface area (Å²) in [4.78, 5) is 23.9. The van der Waals surface area contributed by atoms with Crippen molar-refractivity contribution in [2.24, 2.45) is 0 Å². The zero-order chi connectivity index (χ0) is 20.9. The molecule has 2 aromatic rings. The van der Waals surface area contributed by atoms with Crippen molar-refractivity contribution in [1.29, 1.82) is 0 Å². The SMILES string of the molecule is CCC(=O)N1CCCC(c2nc(Nc3cccc(F)c3)cc(C3CCOCC3)n2)C1. The number of nitrogens with zero attached hydrogens (tertiary/aromatic N) is 3. The van der Waals surface area contributed by atoms with E-state index >= 15 is 0 Å². The molecule has 0 bridgehead atoms. The van der Waals surface area contributed by atoms with Crippen LogP contribution in [0.5, 0.6) is 0 Å². The maximum Gasteiger partial charge on any atom is 0.222 e. The predicted molar refractivity (Wildman–Crippen MR) is 113 cm³/mol. The number of anilines is 2. The van der Waals surface area contributed by atoms with Crippen LogP contribution in [0.25, 0.3) is 0 Å². The van der Waals surface area contributed by atoms with Gasteiger partial charge in [0.05, 0.1) is 0 Å². The van der Waals surface area contributed by atoms with E-state index in [9.17, 15) is 9.18 Å². The molecule has 0 saturated carbocycles. The number of hydrogen-bond donors (Lipinski definition) is 1. The fourth-order valence-electron chi connectivity index (χ4n) is 4.29. The van der Waals surface area contributed by atoms with Crippen LogP contribution in [0.1, 0.15) is 62.4 Å². The van der Waals surface area contributed by atoms with Gasteiger partial charge in [0.25, 0.3) is 0 Å². The van der Waals surface area contributed by atoms with Gasteiger partial charge in [0.1, 0.15) is 17.5 Å². The lowest BCUT2D eigenvalue weighted by Gasteiger charge is -2.32. The van der Waals surface area contributed by atoms with Crippen molar-refractivity contribution in [2.45, 2.75) is 50.9 Å². The largest absolute Gasteiger partial charge is 0.381 e. The van der Waals surface area contributed by atoms with Crippen molar-refractivity contribution in [3.8, 4) is 0 Å². The van der Waals surface area contributed by atoms with Crippen LogP contribution in [-0.4, -0.2) is 47.1 Å². The van der Waals surface area contributed by atoms with Gasteiger partial charge < -0.3 is 15.0 Å². The van der Waals surface area contributed by atoms with Gasteiger partial charge in [-0.1, -0.05) is 13.0 Å². The Hall–Kier alpha value is -2.54. The van der Waals surface area contributed by atoms with Crippen molar-refractivity contribution in [3.05, 3.63) is 47.7 Å². The first-order chi connectivity index (χ1) is 14.6. The smallest absolute Gasteiger partial charge is 0.222 e. The number of hydrogen-bond acceptors (Lipinski definition) is 5. The summed E-state index contributed by atoms with van der Waals surface area (Å²) in [5.74, 6) is 1.77. The Bertz CT molecular complexity index is 885. The Morgan fingerprint density at radius 3 is 2.80 bits per heavy atom. The molecular weight excluding hydrogens is 383 g/mol.